The summed E-state index contributed by atoms with van der Waals surface area (Å²) >= 11 is 0. The molecule has 2 aromatic carbocycles. The Balaban J connectivity index is 0.912. The van der Waals surface area contributed by atoms with Gasteiger partial charge in [-0.1, -0.05) is 115 Å². The van der Waals surface area contributed by atoms with Crippen molar-refractivity contribution >= 4 is 46.2 Å². The quantitative estimate of drug-likeness (QED) is 0.0363. The van der Waals surface area contributed by atoms with E-state index in [4.69, 9.17) is 23.4 Å². The van der Waals surface area contributed by atoms with Gasteiger partial charge >= 0.3 is 17.3 Å². The molecular weight excluding hydrogens is 903 g/mol. The highest BCUT2D eigenvalue weighted by molar-refractivity contribution is 8.76. The van der Waals surface area contributed by atoms with Crippen molar-refractivity contribution in [2.45, 2.75) is 129 Å². The Labute approximate surface area is 391 Å². The number of aryl methyl sites for hydroxylation is 4. The molecule has 66 heavy (non-hydrogen) atoms. The van der Waals surface area contributed by atoms with E-state index in [1.807, 2.05) is 49.5 Å². The molecule has 0 aliphatic carbocycles. The predicted molar refractivity (Wildman–Crippen MR) is 256 cm³/mol. The molecule has 2 N–H and O–H groups in total. The van der Waals surface area contributed by atoms with E-state index in [1.165, 1.54) is 21.5 Å². The SMILES string of the molecule is CC[C@H]1O[C@@H](n2cc(C)c(=O)[nH]c2=O)CC1OCSSCCCc1cn(CCC(=O)OC2C[C@@H](n3cc(C)c(=O)[nH]c3=O)O[C@H]2CO[Si](c2ccccc2)(c2ccccc2)C(C)(C)C)nn1. The second-order valence-corrected chi connectivity index (χ2v) is 24.5. The van der Waals surface area contributed by atoms with Crippen LogP contribution in [0.5, 0.6) is 0 Å². The first-order valence-corrected chi connectivity index (χ1v) is 26.7. The summed E-state index contributed by atoms with van der Waals surface area (Å²) < 4.78 is 36.5. The average Bonchev–Trinajstić information content (AvgIpc) is 4.04. The summed E-state index contributed by atoms with van der Waals surface area (Å²) in [6, 6.07) is 20.4. The van der Waals surface area contributed by atoms with Gasteiger partial charge in [-0.2, -0.15) is 0 Å². The summed E-state index contributed by atoms with van der Waals surface area (Å²) in [5.74, 6) is 0.861. The Hall–Kier alpha value is -4.83. The number of aromatic amines is 2. The third kappa shape index (κ3) is 11.5. The van der Waals surface area contributed by atoms with E-state index in [2.05, 4.69) is 65.3 Å². The molecule has 0 saturated carbocycles. The van der Waals surface area contributed by atoms with Crippen LogP contribution in [0.1, 0.15) is 89.1 Å². The molecule has 2 aliphatic heterocycles. The number of benzene rings is 2. The van der Waals surface area contributed by atoms with Crippen molar-refractivity contribution in [3.05, 3.63) is 138 Å². The van der Waals surface area contributed by atoms with Crippen molar-refractivity contribution in [3.8, 4) is 0 Å². The monoisotopic (exact) mass is 961 g/mol. The van der Waals surface area contributed by atoms with Gasteiger partial charge in [0.05, 0.1) is 37.5 Å². The second kappa shape index (κ2) is 21.9. The van der Waals surface area contributed by atoms with Crippen LogP contribution in [-0.2, 0) is 41.1 Å². The molecule has 5 heterocycles. The average molecular weight is 962 g/mol. The molecule has 20 heteroatoms. The van der Waals surface area contributed by atoms with Gasteiger partial charge in [0.2, 0.25) is 0 Å². The Bertz CT molecular complexity index is 2610. The molecule has 7 rings (SSSR count). The van der Waals surface area contributed by atoms with Crippen molar-refractivity contribution < 1.29 is 28.2 Å². The minimum Gasteiger partial charge on any atom is -0.459 e. The van der Waals surface area contributed by atoms with E-state index in [0.717, 1.165) is 34.7 Å². The number of nitrogens with one attached hydrogen (secondary N) is 2. The number of hydrogen-bond donors (Lipinski definition) is 2. The smallest absolute Gasteiger partial charge is 0.330 e. The van der Waals surface area contributed by atoms with E-state index in [-0.39, 0.29) is 43.2 Å². The van der Waals surface area contributed by atoms with Crippen molar-refractivity contribution in [3.63, 3.8) is 0 Å². The van der Waals surface area contributed by atoms with Crippen molar-refractivity contribution in [1.29, 1.82) is 0 Å². The Morgan fingerprint density at radius 3 is 1.97 bits per heavy atom. The second-order valence-electron chi connectivity index (χ2n) is 17.7. The zero-order valence-corrected chi connectivity index (χ0v) is 40.8. The lowest BCUT2D eigenvalue weighted by Gasteiger charge is -2.43. The van der Waals surface area contributed by atoms with Crippen molar-refractivity contribution in [2.75, 3.05) is 18.3 Å². The number of H-pyrrole nitrogens is 2. The summed E-state index contributed by atoms with van der Waals surface area (Å²) in [6.07, 6.45) is 4.76. The van der Waals surface area contributed by atoms with Gasteiger partial charge in [-0.15, -0.1) is 5.10 Å². The summed E-state index contributed by atoms with van der Waals surface area (Å²) in [5.41, 5.74) is -0.375. The van der Waals surface area contributed by atoms with Crippen LogP contribution in [0.25, 0.3) is 0 Å². The van der Waals surface area contributed by atoms with Gasteiger partial charge < -0.3 is 23.4 Å². The molecule has 0 radical (unpaired) electrons. The number of ether oxygens (including phenoxy) is 4. The topological polar surface area (TPSA) is 204 Å². The lowest BCUT2D eigenvalue weighted by molar-refractivity contribution is -0.153. The van der Waals surface area contributed by atoms with Gasteiger partial charge in [-0.25, -0.2) is 9.59 Å². The van der Waals surface area contributed by atoms with Crippen molar-refractivity contribution in [2.24, 2.45) is 0 Å². The fourth-order valence-electron chi connectivity index (χ4n) is 8.64. The Morgan fingerprint density at radius 1 is 0.818 bits per heavy atom. The minimum atomic E-state index is -3.00. The zero-order chi connectivity index (χ0) is 47.0. The Morgan fingerprint density at radius 2 is 1.39 bits per heavy atom. The van der Waals surface area contributed by atoms with E-state index in [0.29, 0.717) is 29.9 Å². The summed E-state index contributed by atoms with van der Waals surface area (Å²) in [7, 11) is 0.306. The maximum Gasteiger partial charge on any atom is 0.330 e. The van der Waals surface area contributed by atoms with Crippen LogP contribution < -0.4 is 32.9 Å². The molecule has 354 valence electrons. The van der Waals surface area contributed by atoms with Gasteiger partial charge in [0.1, 0.15) is 30.6 Å². The largest absolute Gasteiger partial charge is 0.459 e. The maximum absolute atomic E-state index is 13.5. The molecule has 2 fully saturated rings. The molecular formula is C46H59N7O10S2Si. The lowest BCUT2D eigenvalue weighted by Crippen LogP contribution is -2.67. The lowest BCUT2D eigenvalue weighted by atomic mass is 10.1. The van der Waals surface area contributed by atoms with Gasteiger partial charge in [0.25, 0.3) is 19.4 Å². The van der Waals surface area contributed by atoms with Gasteiger partial charge in [-0.3, -0.25) is 38.2 Å². The maximum atomic E-state index is 13.5. The van der Waals surface area contributed by atoms with Crippen LogP contribution in [0.3, 0.4) is 0 Å². The molecule has 0 spiro atoms. The van der Waals surface area contributed by atoms with Gasteiger partial charge in [0.15, 0.2) is 0 Å². The third-order valence-electron chi connectivity index (χ3n) is 12.0. The molecule has 5 aromatic rings. The summed E-state index contributed by atoms with van der Waals surface area (Å²) in [6.45, 7) is 12.2. The van der Waals surface area contributed by atoms with Gasteiger partial charge in [0, 0.05) is 48.3 Å². The fourth-order valence-corrected chi connectivity index (χ4v) is 15.0. The predicted octanol–water partition coefficient (Wildman–Crippen LogP) is 4.52. The van der Waals surface area contributed by atoms with Crippen LogP contribution in [0.2, 0.25) is 5.04 Å². The Kier molecular flexibility index (Phi) is 16.3. The van der Waals surface area contributed by atoms with E-state index in [1.54, 1.807) is 40.1 Å². The molecule has 2 aliphatic rings. The molecule has 2 saturated heterocycles. The highest BCUT2D eigenvalue weighted by Crippen LogP contribution is 2.39. The van der Waals surface area contributed by atoms with E-state index < -0.39 is 61.4 Å². The number of nitrogens with zero attached hydrogens (tertiary/aromatic N) is 5. The number of carbonyl (C=O) groups is 1. The molecule has 3 aromatic heterocycles. The summed E-state index contributed by atoms with van der Waals surface area (Å²) in [4.78, 5) is 67.7. The molecule has 0 amide bonds. The number of carbonyl (C=O) groups excluding carboxylic acids is 1. The first-order valence-electron chi connectivity index (χ1n) is 22.3. The minimum absolute atomic E-state index is 0.0311. The molecule has 0 bridgehead atoms. The fraction of sp³-hybridized carbons (Fsp3) is 0.500. The highest BCUT2D eigenvalue weighted by Gasteiger charge is 2.52. The van der Waals surface area contributed by atoms with Crippen LogP contribution in [-0.4, -0.2) is 91.1 Å². The van der Waals surface area contributed by atoms with Gasteiger partial charge in [-0.05, 0) is 48.5 Å². The van der Waals surface area contributed by atoms with E-state index >= 15 is 0 Å². The normalized spacial score (nSPS) is 21.1. The highest BCUT2D eigenvalue weighted by atomic mass is 33.1. The van der Waals surface area contributed by atoms with Crippen LogP contribution in [0, 0.1) is 13.8 Å². The number of hydrogen-bond acceptors (Lipinski definition) is 14. The molecule has 17 nitrogen and oxygen atoms in total. The van der Waals surface area contributed by atoms with Crippen molar-refractivity contribution in [1.82, 2.24) is 34.1 Å². The number of esters is 1. The van der Waals surface area contributed by atoms with E-state index in [9.17, 15) is 24.0 Å². The first kappa shape index (κ1) is 49.1. The molecule has 6 atom stereocenters. The molecule has 2 unspecified atom stereocenters. The number of rotatable bonds is 20. The van der Waals surface area contributed by atoms with Crippen LogP contribution in [0.15, 0.2) is 98.4 Å². The van der Waals surface area contributed by atoms with Crippen LogP contribution >= 0.6 is 21.6 Å². The standard InChI is InChI=1S/C46H59N7O10S2Si/c1-7-35-36(23-39(61-35)52-25-30(2)42(55)47-44(52)57)59-29-65-64-22-14-15-32-27-51(50-49-32)21-20-41(54)63-37-24-40(53-26-31(3)43(56)48-45(53)58)62-38(37)28-60-66(46(4,5)6,33-16-10-8-11-17-33)34-18-12-9-13-19-34/h8-13,16-19,25-27,35-40H,7,14-15,20-24,28-29H2,1-6H3,(H,47,55,57)(H,48,56,58)/t35-,36?,37?,38+,39-,40+/m1/s1. The third-order valence-corrected chi connectivity index (χ3v) is 19.2. The summed E-state index contributed by atoms with van der Waals surface area (Å²) in [5, 5.41) is 10.4. The van der Waals surface area contributed by atoms with Crippen LogP contribution in [0.4, 0.5) is 0 Å². The first-order chi connectivity index (χ1) is 31.7. The zero-order valence-electron chi connectivity index (χ0n) is 38.2. The number of aromatic nitrogens is 7.